The van der Waals surface area contributed by atoms with Crippen LogP contribution in [0.4, 0.5) is 55.0 Å². The van der Waals surface area contributed by atoms with Crippen LogP contribution in [0.5, 0.6) is 0 Å². The molecule has 2 heterocycles. The normalized spacial score (nSPS) is 12.4. The number of halogens is 6. The van der Waals surface area contributed by atoms with Gasteiger partial charge in [-0.3, -0.25) is 0 Å². The molecule has 0 saturated carbocycles. The van der Waals surface area contributed by atoms with Crippen LogP contribution >= 0.6 is 0 Å². The van der Waals surface area contributed by atoms with Gasteiger partial charge in [0.2, 0.25) is 0 Å². The Hall–Kier alpha value is -3.38. The predicted molar refractivity (Wildman–Crippen MR) is 91.1 cm³/mol. The molecule has 28 heavy (non-hydrogen) atoms. The molecule has 0 saturated heterocycles. The molecule has 0 aliphatic rings. The molecule has 13 heteroatoms. The van der Waals surface area contributed by atoms with Crippen LogP contribution in [-0.2, 0) is 6.18 Å². The highest BCUT2D eigenvalue weighted by Gasteiger charge is 2.34. The average molecular weight is 405 g/mol. The summed E-state index contributed by atoms with van der Waals surface area (Å²) < 4.78 is 78.2. The first-order valence-electron chi connectivity index (χ1n) is 7.63. The molecule has 6 N–H and O–H groups in total. The fraction of sp³-hybridized carbons (Fsp3) is 0.200. The van der Waals surface area contributed by atoms with Gasteiger partial charge in [-0.1, -0.05) is 0 Å². The van der Waals surface area contributed by atoms with Gasteiger partial charge in [0, 0.05) is 11.8 Å². The molecule has 7 nitrogen and oxygen atoms in total. The largest absolute Gasteiger partial charge is 0.418 e. The molecule has 0 atom stereocenters. The zero-order chi connectivity index (χ0) is 20.7. The van der Waals surface area contributed by atoms with Crippen molar-refractivity contribution in [3.63, 3.8) is 0 Å². The van der Waals surface area contributed by atoms with Crippen LogP contribution < -0.4 is 22.1 Å². The Morgan fingerprint density at radius 2 is 1.71 bits per heavy atom. The third-order valence-corrected chi connectivity index (χ3v) is 3.59. The third-order valence-electron chi connectivity index (χ3n) is 3.59. The van der Waals surface area contributed by atoms with Crippen molar-refractivity contribution in [2.24, 2.45) is 0 Å². The molecule has 0 amide bonds. The highest BCUT2D eigenvalue weighted by Crippen LogP contribution is 2.37. The van der Waals surface area contributed by atoms with Crippen molar-refractivity contribution in [1.82, 2.24) is 14.6 Å². The smallest absolute Gasteiger partial charge is 0.399 e. The summed E-state index contributed by atoms with van der Waals surface area (Å²) in [5, 5.41) is 8.54. The number of anilines is 5. The molecule has 2 aromatic heterocycles. The summed E-state index contributed by atoms with van der Waals surface area (Å²) >= 11 is 0. The molecule has 3 aromatic rings. The van der Waals surface area contributed by atoms with Crippen molar-refractivity contribution < 1.29 is 26.3 Å². The standard InChI is InChI=1S/C15H13F6N7/c16-14(17,18)6-25-10-4-12(27-28-11(23)5-24-13(10)28)26-9-3-7(22)1-2-8(9)15(19,20)21/h1-5,25H,6,22-23H2,(H,26,27). The fourth-order valence-electron chi connectivity index (χ4n) is 2.42. The molecule has 1 aromatic carbocycles. The summed E-state index contributed by atoms with van der Waals surface area (Å²) in [6, 6.07) is 3.99. The second-order valence-corrected chi connectivity index (χ2v) is 5.76. The van der Waals surface area contributed by atoms with E-state index in [2.05, 4.69) is 20.7 Å². The second-order valence-electron chi connectivity index (χ2n) is 5.76. The first-order chi connectivity index (χ1) is 12.9. The zero-order valence-corrected chi connectivity index (χ0v) is 13.9. The van der Waals surface area contributed by atoms with Gasteiger partial charge in [-0.25, -0.2) is 4.98 Å². The summed E-state index contributed by atoms with van der Waals surface area (Å²) in [6.45, 7) is -1.38. The molecule has 0 fully saturated rings. The quantitative estimate of drug-likeness (QED) is 0.390. The van der Waals surface area contributed by atoms with Gasteiger partial charge in [-0.05, 0) is 18.2 Å². The molecule has 0 aliphatic carbocycles. The summed E-state index contributed by atoms with van der Waals surface area (Å²) in [5.41, 5.74) is 9.69. The van der Waals surface area contributed by atoms with Crippen LogP contribution in [0.2, 0.25) is 0 Å². The van der Waals surface area contributed by atoms with E-state index in [4.69, 9.17) is 11.5 Å². The van der Waals surface area contributed by atoms with Crippen LogP contribution in [0.25, 0.3) is 5.65 Å². The number of nitrogens with two attached hydrogens (primary N) is 2. The minimum absolute atomic E-state index is 0.0164. The van der Waals surface area contributed by atoms with E-state index >= 15 is 0 Å². The van der Waals surface area contributed by atoms with E-state index < -0.39 is 30.1 Å². The first kappa shape index (κ1) is 19.4. The topological polar surface area (TPSA) is 106 Å². The number of fused-ring (bicyclic) bond motifs is 1. The average Bonchev–Trinajstić information content (AvgIpc) is 2.92. The Kier molecular flexibility index (Phi) is 4.61. The third kappa shape index (κ3) is 4.13. The van der Waals surface area contributed by atoms with Crippen molar-refractivity contribution in [2.75, 3.05) is 28.6 Å². The molecule has 0 unspecified atom stereocenters. The molecular formula is C15H13F6N7. The van der Waals surface area contributed by atoms with Crippen molar-refractivity contribution in [3.05, 3.63) is 36.0 Å². The van der Waals surface area contributed by atoms with Crippen molar-refractivity contribution >= 4 is 34.3 Å². The van der Waals surface area contributed by atoms with Gasteiger partial charge in [0.1, 0.15) is 12.4 Å². The van der Waals surface area contributed by atoms with Crippen molar-refractivity contribution in [2.45, 2.75) is 12.4 Å². The molecule has 0 bridgehead atoms. The van der Waals surface area contributed by atoms with E-state index in [0.717, 1.165) is 35.0 Å². The highest BCUT2D eigenvalue weighted by molar-refractivity contribution is 5.75. The van der Waals surface area contributed by atoms with Gasteiger partial charge in [-0.2, -0.15) is 30.9 Å². The molecule has 0 spiro atoms. The maximum atomic E-state index is 13.2. The Labute approximate surface area is 153 Å². The molecular weight excluding hydrogens is 392 g/mol. The number of aromatic nitrogens is 3. The number of hydrogen-bond acceptors (Lipinski definition) is 6. The SMILES string of the molecule is Nc1ccc(C(F)(F)F)c(Nc2cc(NCC(F)(F)F)c3ncc(N)n3n2)c1. The van der Waals surface area contributed by atoms with E-state index in [1.807, 2.05) is 0 Å². The predicted octanol–water partition coefficient (Wildman–Crippen LogP) is 3.63. The first-order valence-corrected chi connectivity index (χ1v) is 7.63. The van der Waals surface area contributed by atoms with E-state index in [0.29, 0.717) is 0 Å². The van der Waals surface area contributed by atoms with Gasteiger partial charge < -0.3 is 22.1 Å². The van der Waals surface area contributed by atoms with Crippen LogP contribution in [0.3, 0.4) is 0 Å². The van der Waals surface area contributed by atoms with E-state index in [9.17, 15) is 26.3 Å². The van der Waals surface area contributed by atoms with Gasteiger partial charge in [0.05, 0.1) is 23.1 Å². The number of hydrogen-bond donors (Lipinski definition) is 4. The Morgan fingerprint density at radius 3 is 2.36 bits per heavy atom. The number of nitrogens with one attached hydrogen (secondary N) is 2. The van der Waals surface area contributed by atoms with Crippen LogP contribution in [0.15, 0.2) is 30.5 Å². The molecule has 3 rings (SSSR count). The van der Waals surface area contributed by atoms with Crippen molar-refractivity contribution in [1.29, 1.82) is 0 Å². The number of nitrogen functional groups attached to an aromatic ring is 2. The van der Waals surface area contributed by atoms with Crippen LogP contribution in [0, 0.1) is 0 Å². The lowest BCUT2D eigenvalue weighted by atomic mass is 10.1. The number of benzene rings is 1. The Morgan fingerprint density at radius 1 is 1.00 bits per heavy atom. The lowest BCUT2D eigenvalue weighted by Crippen LogP contribution is -2.22. The van der Waals surface area contributed by atoms with Gasteiger partial charge in [-0.15, -0.1) is 5.10 Å². The number of alkyl halides is 6. The van der Waals surface area contributed by atoms with Crippen molar-refractivity contribution in [3.8, 4) is 0 Å². The number of rotatable bonds is 4. The minimum atomic E-state index is -4.69. The fourth-order valence-corrected chi connectivity index (χ4v) is 2.42. The lowest BCUT2D eigenvalue weighted by molar-refractivity contribution is -0.136. The molecule has 0 aliphatic heterocycles. The van der Waals surface area contributed by atoms with Crippen LogP contribution in [-0.4, -0.2) is 27.3 Å². The maximum absolute atomic E-state index is 13.2. The zero-order valence-electron chi connectivity index (χ0n) is 13.9. The summed E-state index contributed by atoms with van der Waals surface area (Å²) in [6.07, 6.45) is -8.05. The minimum Gasteiger partial charge on any atom is -0.399 e. The van der Waals surface area contributed by atoms with Gasteiger partial charge >= 0.3 is 12.4 Å². The van der Waals surface area contributed by atoms with Gasteiger partial charge in [0.25, 0.3) is 0 Å². The Bertz CT molecular complexity index is 1010. The second kappa shape index (κ2) is 6.65. The van der Waals surface area contributed by atoms with E-state index in [-0.39, 0.29) is 28.7 Å². The number of imidazole rings is 1. The number of nitrogens with zero attached hydrogens (tertiary/aromatic N) is 3. The monoisotopic (exact) mass is 405 g/mol. The molecule has 0 radical (unpaired) electrons. The van der Waals surface area contributed by atoms with E-state index in [1.54, 1.807) is 0 Å². The maximum Gasteiger partial charge on any atom is 0.418 e. The van der Waals surface area contributed by atoms with Gasteiger partial charge in [0.15, 0.2) is 11.5 Å². The van der Waals surface area contributed by atoms with E-state index in [1.165, 1.54) is 0 Å². The highest BCUT2D eigenvalue weighted by atomic mass is 19.4. The summed E-state index contributed by atoms with van der Waals surface area (Å²) in [5.74, 6) is -0.213. The summed E-state index contributed by atoms with van der Waals surface area (Å²) in [4.78, 5) is 3.86. The van der Waals surface area contributed by atoms with Crippen LogP contribution in [0.1, 0.15) is 5.56 Å². The Balaban J connectivity index is 2.05. The lowest BCUT2D eigenvalue weighted by Gasteiger charge is -2.16. The summed E-state index contributed by atoms with van der Waals surface area (Å²) in [7, 11) is 0. The molecule has 150 valence electrons.